The van der Waals surface area contributed by atoms with Crippen molar-refractivity contribution in [2.24, 2.45) is 0 Å². The fourth-order valence-corrected chi connectivity index (χ4v) is 4.00. The van der Waals surface area contributed by atoms with Gasteiger partial charge in [-0.3, -0.25) is 4.79 Å². The highest BCUT2D eigenvalue weighted by atomic mass is 16.7. The molecule has 1 aromatic heterocycles. The number of ether oxygens (including phenoxy) is 4. The fourth-order valence-electron chi connectivity index (χ4n) is 4.00. The lowest BCUT2D eigenvalue weighted by atomic mass is 10.0. The largest absolute Gasteiger partial charge is 0.493 e. The summed E-state index contributed by atoms with van der Waals surface area (Å²) in [5, 5.41) is 7.71. The second kappa shape index (κ2) is 9.42. The van der Waals surface area contributed by atoms with Crippen LogP contribution in [0, 0.1) is 0 Å². The Bertz CT molecular complexity index is 1370. The minimum Gasteiger partial charge on any atom is -0.493 e. The zero-order valence-corrected chi connectivity index (χ0v) is 19.6. The zero-order chi connectivity index (χ0) is 24.4. The lowest BCUT2D eigenvalue weighted by molar-refractivity contribution is 0.0935. The van der Waals surface area contributed by atoms with Crippen LogP contribution in [-0.2, 0) is 0 Å². The van der Waals surface area contributed by atoms with Crippen LogP contribution < -0.4 is 24.3 Å². The molecule has 1 unspecified atom stereocenters. The third-order valence-electron chi connectivity index (χ3n) is 5.89. The minimum absolute atomic E-state index is 0.200. The Labute approximate surface area is 203 Å². The van der Waals surface area contributed by atoms with E-state index < -0.39 is 0 Å². The van der Waals surface area contributed by atoms with Gasteiger partial charge >= 0.3 is 0 Å². The molecule has 1 aliphatic heterocycles. The van der Waals surface area contributed by atoms with Gasteiger partial charge in [0.25, 0.3) is 5.91 Å². The van der Waals surface area contributed by atoms with E-state index >= 15 is 0 Å². The summed E-state index contributed by atoms with van der Waals surface area (Å²) in [7, 11) is 3.16. The van der Waals surface area contributed by atoms with Crippen LogP contribution in [0.1, 0.15) is 29.0 Å². The van der Waals surface area contributed by atoms with Crippen molar-refractivity contribution < 1.29 is 23.7 Å². The molecule has 0 saturated heterocycles. The molecule has 5 rings (SSSR count). The Hall–Kier alpha value is -4.46. The first-order valence-electron chi connectivity index (χ1n) is 11.2. The Balaban J connectivity index is 1.50. The molecule has 0 radical (unpaired) electrons. The number of hydrogen-bond acceptors (Lipinski definition) is 6. The van der Waals surface area contributed by atoms with Gasteiger partial charge < -0.3 is 24.3 Å². The Morgan fingerprint density at radius 2 is 1.74 bits per heavy atom. The highest BCUT2D eigenvalue weighted by Gasteiger charge is 2.23. The monoisotopic (exact) mass is 471 g/mol. The van der Waals surface area contributed by atoms with E-state index in [-0.39, 0.29) is 18.7 Å². The molecule has 0 saturated carbocycles. The van der Waals surface area contributed by atoms with Gasteiger partial charge in [-0.15, -0.1) is 0 Å². The van der Waals surface area contributed by atoms with Crippen molar-refractivity contribution in [3.8, 4) is 39.8 Å². The number of methoxy groups -OCH3 is 2. The summed E-state index contributed by atoms with van der Waals surface area (Å²) in [4.78, 5) is 13.5. The summed E-state index contributed by atoms with van der Waals surface area (Å²) in [6.07, 6.45) is 1.84. The van der Waals surface area contributed by atoms with E-state index in [0.717, 1.165) is 16.8 Å². The number of nitrogens with one attached hydrogen (secondary N) is 1. The van der Waals surface area contributed by atoms with Crippen molar-refractivity contribution in [3.05, 3.63) is 84.2 Å². The minimum atomic E-state index is -0.297. The summed E-state index contributed by atoms with van der Waals surface area (Å²) in [6.45, 7) is 2.12. The van der Waals surface area contributed by atoms with Crippen LogP contribution >= 0.6 is 0 Å². The van der Waals surface area contributed by atoms with Crippen LogP contribution in [0.3, 0.4) is 0 Å². The Morgan fingerprint density at radius 1 is 0.971 bits per heavy atom. The third kappa shape index (κ3) is 4.38. The van der Waals surface area contributed by atoms with E-state index in [1.54, 1.807) is 18.9 Å². The number of hydrogen-bond donors (Lipinski definition) is 1. The molecule has 0 bridgehead atoms. The maximum Gasteiger partial charge on any atom is 0.272 e. The first kappa shape index (κ1) is 22.3. The van der Waals surface area contributed by atoms with Crippen molar-refractivity contribution in [2.75, 3.05) is 21.0 Å². The SMILES string of the molecule is COc1ccc(-c2cn(-c3ccccc3)nc2C(=O)NC(C)c2ccc3c(c2)OCO3)cc1OC. The van der Waals surface area contributed by atoms with Gasteiger partial charge in [0.1, 0.15) is 0 Å². The third-order valence-corrected chi connectivity index (χ3v) is 5.89. The molecule has 1 amide bonds. The molecule has 8 nitrogen and oxygen atoms in total. The summed E-state index contributed by atoms with van der Waals surface area (Å²) in [6, 6.07) is 20.5. The van der Waals surface area contributed by atoms with Crippen molar-refractivity contribution in [2.45, 2.75) is 13.0 Å². The van der Waals surface area contributed by atoms with Gasteiger partial charge in [-0.05, 0) is 54.4 Å². The molecule has 1 N–H and O–H groups in total. The van der Waals surface area contributed by atoms with Crippen LogP contribution in [0.4, 0.5) is 0 Å². The topological polar surface area (TPSA) is 83.8 Å². The van der Waals surface area contributed by atoms with E-state index in [4.69, 9.17) is 18.9 Å². The predicted molar refractivity (Wildman–Crippen MR) is 131 cm³/mol. The van der Waals surface area contributed by atoms with Crippen LogP contribution in [0.5, 0.6) is 23.0 Å². The number of para-hydroxylation sites is 1. The number of nitrogens with zero attached hydrogens (tertiary/aromatic N) is 2. The number of amides is 1. The van der Waals surface area contributed by atoms with Gasteiger partial charge in [0.15, 0.2) is 28.7 Å². The molecule has 4 aromatic rings. The quantitative estimate of drug-likeness (QED) is 0.418. The molecular formula is C27H25N3O5. The van der Waals surface area contributed by atoms with Crippen LogP contribution in [0.15, 0.2) is 72.9 Å². The smallest absolute Gasteiger partial charge is 0.272 e. The standard InChI is InChI=1S/C27H25N3O5/c1-17(18-9-12-23-25(13-18)35-16-34-23)28-27(31)26-21(15-30(29-26)20-7-5-4-6-8-20)19-10-11-22(32-2)24(14-19)33-3/h4-15,17H,16H2,1-3H3,(H,28,31). The number of benzene rings is 3. The summed E-state index contributed by atoms with van der Waals surface area (Å²) in [5.74, 6) is 2.24. The molecular weight excluding hydrogens is 446 g/mol. The second-order valence-corrected chi connectivity index (χ2v) is 8.05. The van der Waals surface area contributed by atoms with E-state index in [9.17, 15) is 4.79 Å². The predicted octanol–water partition coefficient (Wildman–Crippen LogP) is 4.78. The summed E-state index contributed by atoms with van der Waals surface area (Å²) in [5.41, 5.74) is 3.50. The van der Waals surface area contributed by atoms with Crippen LogP contribution in [0.25, 0.3) is 16.8 Å². The first-order chi connectivity index (χ1) is 17.1. The number of rotatable bonds is 7. The maximum absolute atomic E-state index is 13.5. The van der Waals surface area contributed by atoms with E-state index in [0.29, 0.717) is 34.3 Å². The Morgan fingerprint density at radius 3 is 2.51 bits per heavy atom. The lowest BCUT2D eigenvalue weighted by Gasteiger charge is -2.15. The average molecular weight is 472 g/mol. The molecule has 1 aliphatic rings. The summed E-state index contributed by atoms with van der Waals surface area (Å²) >= 11 is 0. The molecule has 0 spiro atoms. The highest BCUT2D eigenvalue weighted by molar-refractivity contribution is 5.99. The summed E-state index contributed by atoms with van der Waals surface area (Å²) < 4.78 is 23.4. The van der Waals surface area contributed by atoms with Gasteiger partial charge in [-0.25, -0.2) is 4.68 Å². The van der Waals surface area contributed by atoms with E-state index in [1.165, 1.54) is 0 Å². The molecule has 178 valence electrons. The maximum atomic E-state index is 13.5. The molecule has 0 aliphatic carbocycles. The normalized spacial score (nSPS) is 12.8. The van der Waals surface area contributed by atoms with Crippen molar-refractivity contribution in [1.29, 1.82) is 0 Å². The van der Waals surface area contributed by atoms with E-state index in [1.807, 2.05) is 79.9 Å². The lowest BCUT2D eigenvalue weighted by Crippen LogP contribution is -2.27. The van der Waals surface area contributed by atoms with Gasteiger partial charge in [0.05, 0.1) is 25.9 Å². The molecule has 35 heavy (non-hydrogen) atoms. The molecule has 0 fully saturated rings. The van der Waals surface area contributed by atoms with Crippen molar-refractivity contribution >= 4 is 5.91 Å². The number of fused-ring (bicyclic) bond motifs is 1. The van der Waals surface area contributed by atoms with Gasteiger partial charge in [0.2, 0.25) is 6.79 Å². The number of aromatic nitrogens is 2. The fraction of sp³-hybridized carbons (Fsp3) is 0.185. The zero-order valence-electron chi connectivity index (χ0n) is 19.6. The van der Waals surface area contributed by atoms with E-state index in [2.05, 4.69) is 10.4 Å². The molecule has 8 heteroatoms. The van der Waals surface area contributed by atoms with Crippen LogP contribution in [-0.4, -0.2) is 36.7 Å². The number of carbonyl (C=O) groups excluding carboxylic acids is 1. The Kier molecular flexibility index (Phi) is 6.01. The van der Waals surface area contributed by atoms with Crippen LogP contribution in [0.2, 0.25) is 0 Å². The molecule has 1 atom stereocenters. The second-order valence-electron chi connectivity index (χ2n) is 8.05. The highest BCUT2D eigenvalue weighted by Crippen LogP contribution is 2.35. The molecule has 3 aromatic carbocycles. The van der Waals surface area contributed by atoms with Gasteiger partial charge in [-0.2, -0.15) is 5.10 Å². The van der Waals surface area contributed by atoms with Gasteiger partial charge in [-0.1, -0.05) is 30.3 Å². The average Bonchev–Trinajstić information content (AvgIpc) is 3.56. The van der Waals surface area contributed by atoms with Gasteiger partial charge in [0, 0.05) is 11.8 Å². The van der Waals surface area contributed by atoms with Crippen molar-refractivity contribution in [3.63, 3.8) is 0 Å². The molecule has 2 heterocycles. The number of carbonyl (C=O) groups is 1. The first-order valence-corrected chi connectivity index (χ1v) is 11.2. The van der Waals surface area contributed by atoms with Crippen molar-refractivity contribution in [1.82, 2.24) is 15.1 Å².